The fourth-order valence-corrected chi connectivity index (χ4v) is 6.64. The Kier molecular flexibility index (Phi) is 36.8. The predicted molar refractivity (Wildman–Crippen MR) is 209 cm³/mol. The van der Waals surface area contributed by atoms with Gasteiger partial charge in [-0.25, -0.2) is 4.79 Å². The van der Waals surface area contributed by atoms with Gasteiger partial charge in [-0.05, 0) is 39.5 Å². The molecule has 48 heavy (non-hydrogen) atoms. The summed E-state index contributed by atoms with van der Waals surface area (Å²) in [5, 5.41) is 12.2. The first-order valence-electron chi connectivity index (χ1n) is 21.6. The molecule has 0 saturated heterocycles. The van der Waals surface area contributed by atoms with Crippen molar-refractivity contribution >= 4 is 6.09 Å². The molecule has 0 aliphatic carbocycles. The second-order valence-electron chi connectivity index (χ2n) is 15.6. The van der Waals surface area contributed by atoms with Crippen molar-refractivity contribution in [1.29, 1.82) is 0 Å². The average molecular weight is 682 g/mol. The predicted octanol–water partition coefficient (Wildman–Crippen LogP) is 13.8. The monoisotopic (exact) mass is 682 g/mol. The lowest BCUT2D eigenvalue weighted by Gasteiger charge is -2.23. The normalized spacial score (nSPS) is 12.4. The van der Waals surface area contributed by atoms with Gasteiger partial charge in [-0.2, -0.15) is 0 Å². The molecule has 0 rings (SSSR count). The fourth-order valence-electron chi connectivity index (χ4n) is 6.64. The molecule has 0 aromatic heterocycles. The van der Waals surface area contributed by atoms with Crippen LogP contribution in [0.25, 0.3) is 0 Å². The van der Waals surface area contributed by atoms with Crippen LogP contribution in [0.15, 0.2) is 0 Å². The van der Waals surface area contributed by atoms with Crippen LogP contribution in [0.3, 0.4) is 0 Å². The highest BCUT2D eigenvalue weighted by Gasteiger charge is 2.17. The molecule has 1 amide bonds. The number of hydrogen-bond acceptors (Lipinski definition) is 4. The zero-order valence-electron chi connectivity index (χ0n) is 33.2. The summed E-state index contributed by atoms with van der Waals surface area (Å²) in [6.07, 6.45) is 44.1. The number of aliphatic hydroxyl groups excluding tert-OH is 1. The fraction of sp³-hybridized carbons (Fsp3) is 0.977. The van der Waals surface area contributed by atoms with E-state index >= 15 is 0 Å². The number of carbonyl (C=O) groups excluding carboxylic acids is 1. The van der Waals surface area contributed by atoms with Crippen molar-refractivity contribution in [2.45, 2.75) is 251 Å². The van der Waals surface area contributed by atoms with Crippen LogP contribution in [-0.4, -0.2) is 42.7 Å². The molecule has 1 unspecified atom stereocenters. The summed E-state index contributed by atoms with van der Waals surface area (Å²) in [4.78, 5) is 12.5. The van der Waals surface area contributed by atoms with Crippen LogP contribution >= 0.6 is 0 Å². The highest BCUT2D eigenvalue weighted by molar-refractivity contribution is 5.67. The minimum absolute atomic E-state index is 0.00779. The number of carbonyl (C=O) groups is 1. The summed E-state index contributed by atoms with van der Waals surface area (Å²) in [6.45, 7) is 8.99. The lowest BCUT2D eigenvalue weighted by molar-refractivity contribution is -0.0518. The van der Waals surface area contributed by atoms with Gasteiger partial charge in [-0.1, -0.05) is 200 Å². The maximum absolute atomic E-state index is 12.5. The Morgan fingerprint density at radius 1 is 0.521 bits per heavy atom. The molecule has 1 atom stereocenters. The summed E-state index contributed by atoms with van der Waals surface area (Å²) in [5.41, 5.74) is -0.588. The molecule has 0 aliphatic rings. The smallest absolute Gasteiger partial charge is 0.407 e. The molecule has 0 heterocycles. The zero-order valence-corrected chi connectivity index (χ0v) is 33.2. The van der Waals surface area contributed by atoms with Crippen LogP contribution in [0.5, 0.6) is 0 Å². The average Bonchev–Trinajstić information content (AvgIpc) is 3.08. The largest absolute Gasteiger partial charge is 0.446 e. The van der Waals surface area contributed by atoms with Crippen molar-refractivity contribution in [3.8, 4) is 0 Å². The number of aliphatic hydroxyl groups is 1. The van der Waals surface area contributed by atoms with E-state index in [1.54, 1.807) is 0 Å². The van der Waals surface area contributed by atoms with Crippen LogP contribution in [0.4, 0.5) is 4.79 Å². The molecule has 2 N–H and O–H groups in total. The Bertz CT molecular complexity index is 640. The van der Waals surface area contributed by atoms with Crippen molar-refractivity contribution in [1.82, 2.24) is 5.32 Å². The highest BCUT2D eigenvalue weighted by Crippen LogP contribution is 2.19. The number of amides is 1. The first-order valence-corrected chi connectivity index (χ1v) is 21.6. The third-order valence-electron chi connectivity index (χ3n) is 10.0. The maximum atomic E-state index is 12.5. The molecule has 5 heteroatoms. The summed E-state index contributed by atoms with van der Waals surface area (Å²) >= 11 is 0. The van der Waals surface area contributed by atoms with Crippen LogP contribution in [0.2, 0.25) is 0 Å². The Hall–Kier alpha value is -0.810. The van der Waals surface area contributed by atoms with Gasteiger partial charge in [0.05, 0.1) is 18.8 Å². The van der Waals surface area contributed by atoms with Gasteiger partial charge in [0.1, 0.15) is 6.10 Å². The van der Waals surface area contributed by atoms with Crippen molar-refractivity contribution < 1.29 is 19.4 Å². The summed E-state index contributed by atoms with van der Waals surface area (Å²) in [5.74, 6) is 0. The zero-order chi connectivity index (χ0) is 35.2. The van der Waals surface area contributed by atoms with Crippen molar-refractivity contribution in [3.05, 3.63) is 0 Å². The van der Waals surface area contributed by atoms with E-state index in [1.807, 2.05) is 13.8 Å². The van der Waals surface area contributed by atoms with Gasteiger partial charge < -0.3 is 19.9 Å². The van der Waals surface area contributed by atoms with Crippen molar-refractivity contribution in [2.24, 2.45) is 0 Å². The van der Waals surface area contributed by atoms with Gasteiger partial charge in [0.25, 0.3) is 0 Å². The molecule has 5 nitrogen and oxygen atoms in total. The van der Waals surface area contributed by atoms with Crippen LogP contribution in [0.1, 0.15) is 240 Å². The Morgan fingerprint density at radius 2 is 0.812 bits per heavy atom. The molecule has 0 radical (unpaired) electrons. The molecule has 0 spiro atoms. The summed E-state index contributed by atoms with van der Waals surface area (Å²) in [7, 11) is 0. The van der Waals surface area contributed by atoms with Crippen LogP contribution < -0.4 is 5.32 Å². The second-order valence-corrected chi connectivity index (χ2v) is 15.6. The molecule has 0 saturated carbocycles. The van der Waals surface area contributed by atoms with Gasteiger partial charge in [0.15, 0.2) is 0 Å². The highest BCUT2D eigenvalue weighted by atomic mass is 16.6. The van der Waals surface area contributed by atoms with E-state index in [9.17, 15) is 9.90 Å². The van der Waals surface area contributed by atoms with E-state index in [4.69, 9.17) is 9.47 Å². The third kappa shape index (κ3) is 36.5. The maximum Gasteiger partial charge on any atom is 0.407 e. The SMILES string of the molecule is CCCCCCCCCCCCCCCCCCC(CCCCCCCCCCCCCCCCC)OC(=O)NCCOC(C)(C)CO. The lowest BCUT2D eigenvalue weighted by Crippen LogP contribution is -2.35. The molecule has 0 aromatic rings. The first-order chi connectivity index (χ1) is 23.4. The number of hydrogen-bond donors (Lipinski definition) is 2. The number of alkyl carbamates (subject to hydrolysis) is 1. The van der Waals surface area contributed by atoms with Crippen molar-refractivity contribution in [2.75, 3.05) is 19.8 Å². The quantitative estimate of drug-likeness (QED) is 0.0634. The van der Waals surface area contributed by atoms with Gasteiger partial charge in [-0.15, -0.1) is 0 Å². The topological polar surface area (TPSA) is 67.8 Å². The molecular weight excluding hydrogens is 594 g/mol. The lowest BCUT2D eigenvalue weighted by atomic mass is 10.0. The number of nitrogens with one attached hydrogen (secondary N) is 1. The summed E-state index contributed by atoms with van der Waals surface area (Å²) < 4.78 is 11.5. The third-order valence-corrected chi connectivity index (χ3v) is 10.0. The molecule has 0 bridgehead atoms. The minimum Gasteiger partial charge on any atom is -0.446 e. The number of unbranched alkanes of at least 4 members (excludes halogenated alkanes) is 29. The Labute approximate surface area is 301 Å². The van der Waals surface area contributed by atoms with E-state index in [0.717, 1.165) is 25.7 Å². The van der Waals surface area contributed by atoms with E-state index in [0.29, 0.717) is 13.2 Å². The molecule has 0 aliphatic heterocycles. The van der Waals surface area contributed by atoms with Gasteiger partial charge in [0.2, 0.25) is 0 Å². The number of ether oxygens (including phenoxy) is 2. The molecular formula is C43H87NO4. The van der Waals surface area contributed by atoms with Gasteiger partial charge in [-0.3, -0.25) is 0 Å². The first kappa shape index (κ1) is 47.2. The molecule has 0 fully saturated rings. The van der Waals surface area contributed by atoms with Crippen LogP contribution in [0, 0.1) is 0 Å². The van der Waals surface area contributed by atoms with E-state index in [1.165, 1.54) is 186 Å². The number of rotatable bonds is 39. The van der Waals surface area contributed by atoms with Crippen LogP contribution in [-0.2, 0) is 9.47 Å². The van der Waals surface area contributed by atoms with E-state index in [2.05, 4.69) is 19.2 Å². The van der Waals surface area contributed by atoms with E-state index < -0.39 is 5.60 Å². The Balaban J connectivity index is 4.03. The molecule has 0 aromatic carbocycles. The van der Waals surface area contributed by atoms with Gasteiger partial charge in [0, 0.05) is 6.54 Å². The molecule has 288 valence electrons. The van der Waals surface area contributed by atoms with E-state index in [-0.39, 0.29) is 18.8 Å². The summed E-state index contributed by atoms with van der Waals surface area (Å²) in [6, 6.07) is 0. The standard InChI is InChI=1S/C43H87NO4/c1-5-7-9-11-13-15-17-19-21-23-25-27-29-31-33-35-37-41(48-42(46)44-38-39-47-43(3,4)40-45)36-34-32-30-28-26-24-22-20-18-16-14-12-10-8-6-2/h41,45H,5-40H2,1-4H3,(H,44,46). The van der Waals surface area contributed by atoms with Crippen molar-refractivity contribution in [3.63, 3.8) is 0 Å². The van der Waals surface area contributed by atoms with Gasteiger partial charge >= 0.3 is 6.09 Å². The second kappa shape index (κ2) is 37.4. The minimum atomic E-state index is -0.588. The Morgan fingerprint density at radius 3 is 1.10 bits per heavy atom.